The highest BCUT2D eigenvalue weighted by Gasteiger charge is 1.76. The van der Waals surface area contributed by atoms with Gasteiger partial charge in [-0.2, -0.15) is 0 Å². The van der Waals surface area contributed by atoms with E-state index in [1.54, 1.807) is 0 Å². The molecule has 12 heavy (non-hydrogen) atoms. The molecule has 0 radical (unpaired) electrons. The van der Waals surface area contributed by atoms with Crippen LogP contribution in [0.2, 0.25) is 0 Å². The third-order valence-corrected chi connectivity index (χ3v) is 1.03. The summed E-state index contributed by atoms with van der Waals surface area (Å²) in [6.07, 6.45) is 2.01. The Morgan fingerprint density at radius 2 is 1.83 bits per heavy atom. The van der Waals surface area contributed by atoms with E-state index in [0.717, 1.165) is 12.8 Å². The minimum atomic E-state index is 0.133. The van der Waals surface area contributed by atoms with Gasteiger partial charge < -0.3 is 9.84 Å². The molecule has 0 amide bonds. The van der Waals surface area contributed by atoms with Gasteiger partial charge in [-0.05, 0) is 13.3 Å². The second kappa shape index (κ2) is 17.1. The molecule has 4 heteroatoms. The molecule has 2 N–H and O–H groups in total. The Morgan fingerprint density at radius 1 is 1.17 bits per heavy atom. The van der Waals surface area contributed by atoms with Gasteiger partial charge in [-0.1, -0.05) is 13.3 Å². The smallest absolute Gasteiger partial charge is 0.0819 e. The molecule has 0 aliphatic carbocycles. The first kappa shape index (κ1) is 14.4. The number of aliphatic hydroxyl groups excluding tert-OH is 1. The van der Waals surface area contributed by atoms with Crippen molar-refractivity contribution >= 4 is 0 Å². The highest BCUT2D eigenvalue weighted by atomic mass is 17.1. The molecular formula is C8H20O4. The number of rotatable bonds is 6. The van der Waals surface area contributed by atoms with E-state index in [-0.39, 0.29) is 6.61 Å². The molecule has 0 aromatic rings. The summed E-state index contributed by atoms with van der Waals surface area (Å²) < 4.78 is 4.73. The number of hydrogen-bond acceptors (Lipinski definition) is 4. The van der Waals surface area contributed by atoms with Crippen LogP contribution in [0.1, 0.15) is 26.7 Å². The molecule has 0 aromatic carbocycles. The van der Waals surface area contributed by atoms with E-state index in [1.807, 2.05) is 13.8 Å². The molecular weight excluding hydrogens is 160 g/mol. The van der Waals surface area contributed by atoms with E-state index in [9.17, 15) is 0 Å². The predicted octanol–water partition coefficient (Wildman–Crippen LogP) is 1.29. The van der Waals surface area contributed by atoms with Gasteiger partial charge in [0, 0.05) is 6.61 Å². The van der Waals surface area contributed by atoms with Gasteiger partial charge in [0.25, 0.3) is 0 Å². The van der Waals surface area contributed by atoms with Crippen LogP contribution < -0.4 is 0 Å². The molecule has 0 bridgehead atoms. The van der Waals surface area contributed by atoms with Crippen molar-refractivity contribution in [1.82, 2.24) is 0 Å². The van der Waals surface area contributed by atoms with Crippen molar-refractivity contribution in [3.8, 4) is 0 Å². The fourth-order valence-corrected chi connectivity index (χ4v) is 0.418. The van der Waals surface area contributed by atoms with Gasteiger partial charge in [0.2, 0.25) is 0 Å². The molecule has 0 aliphatic heterocycles. The van der Waals surface area contributed by atoms with Crippen LogP contribution in [0, 0.1) is 0 Å². The van der Waals surface area contributed by atoms with Crippen LogP contribution in [0.25, 0.3) is 0 Å². The van der Waals surface area contributed by atoms with Gasteiger partial charge in [-0.3, -0.25) is 5.26 Å². The average molecular weight is 180 g/mol. The Bertz CT molecular complexity index is 43.0. The van der Waals surface area contributed by atoms with Crippen molar-refractivity contribution in [1.29, 1.82) is 0 Å². The van der Waals surface area contributed by atoms with Crippen molar-refractivity contribution in [3.05, 3.63) is 0 Å². The molecule has 0 rings (SSSR count). The van der Waals surface area contributed by atoms with Gasteiger partial charge in [-0.25, -0.2) is 4.89 Å². The van der Waals surface area contributed by atoms with Crippen LogP contribution in [0.5, 0.6) is 0 Å². The summed E-state index contributed by atoms with van der Waals surface area (Å²) in [5.41, 5.74) is 0. The SMILES string of the molecule is CCCCOO.CCOCCO. The Balaban J connectivity index is 0. The van der Waals surface area contributed by atoms with Gasteiger partial charge in [0.05, 0.1) is 19.8 Å². The summed E-state index contributed by atoms with van der Waals surface area (Å²) in [6, 6.07) is 0. The van der Waals surface area contributed by atoms with E-state index in [1.165, 1.54) is 0 Å². The van der Waals surface area contributed by atoms with Crippen LogP contribution >= 0.6 is 0 Å². The third-order valence-electron chi connectivity index (χ3n) is 1.03. The van der Waals surface area contributed by atoms with Gasteiger partial charge in [-0.15, -0.1) is 0 Å². The summed E-state index contributed by atoms with van der Waals surface area (Å²) >= 11 is 0. The Labute approximate surface area is 74.0 Å². The van der Waals surface area contributed by atoms with Crippen molar-refractivity contribution in [2.24, 2.45) is 0 Å². The molecule has 0 saturated heterocycles. The van der Waals surface area contributed by atoms with Crippen LogP contribution in [-0.2, 0) is 9.62 Å². The number of hydrogen-bond donors (Lipinski definition) is 2. The average Bonchev–Trinajstić information content (AvgIpc) is 2.12. The lowest BCUT2D eigenvalue weighted by molar-refractivity contribution is -0.242. The third kappa shape index (κ3) is 22.5. The first-order valence-electron chi connectivity index (χ1n) is 4.28. The minimum Gasteiger partial charge on any atom is -0.394 e. The Morgan fingerprint density at radius 3 is 2.00 bits per heavy atom. The number of unbranched alkanes of at least 4 members (excludes halogenated alkanes) is 1. The second-order valence-corrected chi connectivity index (χ2v) is 2.11. The molecule has 0 aromatic heterocycles. The van der Waals surface area contributed by atoms with E-state index < -0.39 is 0 Å². The van der Waals surface area contributed by atoms with E-state index in [0.29, 0.717) is 19.8 Å². The lowest BCUT2D eigenvalue weighted by Crippen LogP contribution is -1.96. The maximum Gasteiger partial charge on any atom is 0.0819 e. The van der Waals surface area contributed by atoms with Crippen LogP contribution in [0.4, 0.5) is 0 Å². The molecule has 0 aliphatic rings. The molecule has 76 valence electrons. The standard InChI is InChI=1S/2C4H10O2/c1-2-6-4-3-5;1-2-3-4-6-5/h2*5H,2-4H2,1H3. The van der Waals surface area contributed by atoms with Crippen LogP contribution in [-0.4, -0.2) is 36.8 Å². The zero-order valence-electron chi connectivity index (χ0n) is 7.95. The van der Waals surface area contributed by atoms with Crippen molar-refractivity contribution in [2.75, 3.05) is 26.4 Å². The van der Waals surface area contributed by atoms with Crippen LogP contribution in [0.3, 0.4) is 0 Å². The van der Waals surface area contributed by atoms with Gasteiger partial charge >= 0.3 is 0 Å². The molecule has 0 saturated carbocycles. The second-order valence-electron chi connectivity index (χ2n) is 2.11. The van der Waals surface area contributed by atoms with Crippen molar-refractivity contribution < 1.29 is 20.0 Å². The molecule has 0 heterocycles. The summed E-state index contributed by atoms with van der Waals surface area (Å²) in [7, 11) is 0. The van der Waals surface area contributed by atoms with Crippen LogP contribution in [0.15, 0.2) is 0 Å². The Kier molecular flexibility index (Phi) is 20.4. The first-order chi connectivity index (χ1) is 5.83. The lowest BCUT2D eigenvalue weighted by atomic mass is 10.4. The predicted molar refractivity (Wildman–Crippen MR) is 47.1 cm³/mol. The van der Waals surface area contributed by atoms with Gasteiger partial charge in [0.1, 0.15) is 0 Å². The van der Waals surface area contributed by atoms with E-state index in [4.69, 9.17) is 15.1 Å². The zero-order chi connectivity index (χ0) is 9.66. The molecule has 0 unspecified atom stereocenters. The Hall–Kier alpha value is -0.160. The normalized spacial score (nSPS) is 9.00. The van der Waals surface area contributed by atoms with Crippen molar-refractivity contribution in [3.63, 3.8) is 0 Å². The van der Waals surface area contributed by atoms with E-state index >= 15 is 0 Å². The first-order valence-corrected chi connectivity index (χ1v) is 4.28. The topological polar surface area (TPSA) is 58.9 Å². The quantitative estimate of drug-likeness (QED) is 0.367. The van der Waals surface area contributed by atoms with Gasteiger partial charge in [0.15, 0.2) is 0 Å². The highest BCUT2D eigenvalue weighted by Crippen LogP contribution is 1.83. The summed E-state index contributed by atoms with van der Waals surface area (Å²) in [5.74, 6) is 0. The van der Waals surface area contributed by atoms with Crippen molar-refractivity contribution in [2.45, 2.75) is 26.7 Å². The lowest BCUT2D eigenvalue weighted by Gasteiger charge is -1.91. The zero-order valence-corrected chi connectivity index (χ0v) is 7.95. The minimum absolute atomic E-state index is 0.133. The summed E-state index contributed by atoms with van der Waals surface area (Å²) in [4.78, 5) is 3.78. The molecule has 0 fully saturated rings. The summed E-state index contributed by atoms with van der Waals surface area (Å²) in [5, 5.41) is 15.8. The maximum absolute atomic E-state index is 8.07. The van der Waals surface area contributed by atoms with E-state index in [2.05, 4.69) is 4.89 Å². The molecule has 0 spiro atoms. The molecule has 4 nitrogen and oxygen atoms in total. The highest BCUT2D eigenvalue weighted by molar-refractivity contribution is 4.24. The largest absolute Gasteiger partial charge is 0.394 e. The molecule has 0 atom stereocenters. The maximum atomic E-state index is 8.07. The fraction of sp³-hybridized carbons (Fsp3) is 1.00. The monoisotopic (exact) mass is 180 g/mol. The summed E-state index contributed by atoms with van der Waals surface area (Å²) in [6.45, 7) is 5.70. The number of ether oxygens (including phenoxy) is 1. The number of aliphatic hydroxyl groups is 1. The fourth-order valence-electron chi connectivity index (χ4n) is 0.418.